The fraction of sp³-hybridized carbons (Fsp3) is 0.333. The van der Waals surface area contributed by atoms with Crippen LogP contribution in [0.5, 0.6) is 17.2 Å². The molecule has 5 aromatic rings. The molecule has 13 heteroatoms. The summed E-state index contributed by atoms with van der Waals surface area (Å²) in [7, 11) is 0. The van der Waals surface area contributed by atoms with Crippen LogP contribution in [0.15, 0.2) is 91.0 Å². The molecule has 5 heterocycles. The topological polar surface area (TPSA) is 96.7 Å². The van der Waals surface area contributed by atoms with Crippen molar-refractivity contribution in [2.45, 2.75) is 57.5 Å². The number of alkyl halides is 3. The van der Waals surface area contributed by atoms with E-state index in [4.69, 9.17) is 14.2 Å². The highest BCUT2D eigenvalue weighted by Crippen LogP contribution is 2.43. The van der Waals surface area contributed by atoms with E-state index in [-0.39, 0.29) is 36.6 Å². The lowest BCUT2D eigenvalue weighted by Crippen LogP contribution is -2.52. The maximum absolute atomic E-state index is 15.2. The van der Waals surface area contributed by atoms with Gasteiger partial charge >= 0.3 is 6.18 Å². The van der Waals surface area contributed by atoms with Gasteiger partial charge in [-0.05, 0) is 90.9 Å². The Kier molecular flexibility index (Phi) is 10.1. The molecule has 58 heavy (non-hydrogen) atoms. The van der Waals surface area contributed by atoms with E-state index in [9.17, 15) is 23.1 Å². The molecular formula is C45H43F3N4O6. The van der Waals surface area contributed by atoms with Crippen LogP contribution >= 0.6 is 0 Å². The van der Waals surface area contributed by atoms with Crippen molar-refractivity contribution in [1.82, 2.24) is 14.4 Å². The minimum atomic E-state index is -4.64. The van der Waals surface area contributed by atoms with Crippen LogP contribution in [0.2, 0.25) is 0 Å². The maximum atomic E-state index is 15.2. The van der Waals surface area contributed by atoms with E-state index in [1.54, 1.807) is 12.1 Å². The molecule has 1 fully saturated rings. The number of aromatic nitrogens is 1. The van der Waals surface area contributed by atoms with Gasteiger partial charge in [0.2, 0.25) is 6.79 Å². The first-order chi connectivity index (χ1) is 28.1. The van der Waals surface area contributed by atoms with Crippen molar-refractivity contribution >= 4 is 17.5 Å². The molecule has 1 N–H and O–H groups in total. The van der Waals surface area contributed by atoms with Gasteiger partial charge in [0.05, 0.1) is 36.4 Å². The lowest BCUT2D eigenvalue weighted by molar-refractivity contribution is -0.138. The number of hydrogen-bond acceptors (Lipinski definition) is 7. The number of phenols is 1. The van der Waals surface area contributed by atoms with E-state index < -0.39 is 17.6 Å². The third-order valence-corrected chi connectivity index (χ3v) is 11.8. The van der Waals surface area contributed by atoms with Crippen LogP contribution in [-0.2, 0) is 43.4 Å². The number of carbonyl (C=O) groups excluding carboxylic acids is 2. The van der Waals surface area contributed by atoms with Gasteiger partial charge in [0.15, 0.2) is 11.5 Å². The molecule has 0 unspecified atom stereocenters. The second kappa shape index (κ2) is 15.5. The van der Waals surface area contributed by atoms with Gasteiger partial charge in [-0.25, -0.2) is 0 Å². The third-order valence-electron chi connectivity index (χ3n) is 11.8. The molecule has 1 atom stereocenters. The Balaban J connectivity index is 1.14. The molecule has 2 amide bonds. The van der Waals surface area contributed by atoms with Crippen LogP contribution in [0, 0.1) is 0 Å². The summed E-state index contributed by atoms with van der Waals surface area (Å²) in [5, 5.41) is 10.1. The molecule has 0 bridgehead atoms. The smallest absolute Gasteiger partial charge is 0.416 e. The number of ether oxygens (including phenoxy) is 3. The zero-order valence-electron chi connectivity index (χ0n) is 31.8. The van der Waals surface area contributed by atoms with E-state index in [1.807, 2.05) is 23.1 Å². The summed E-state index contributed by atoms with van der Waals surface area (Å²) in [5.41, 5.74) is 4.45. The summed E-state index contributed by atoms with van der Waals surface area (Å²) in [6, 6.07) is 24.5. The number of phenolic OH excluding ortho intramolecular Hbond substituents is 1. The largest absolute Gasteiger partial charge is 0.508 e. The molecule has 4 aromatic carbocycles. The number of halogens is 3. The molecule has 300 valence electrons. The summed E-state index contributed by atoms with van der Waals surface area (Å²) in [5.74, 6) is 0.229. The molecular weight excluding hydrogens is 750 g/mol. The maximum Gasteiger partial charge on any atom is 0.416 e. The number of fused-ring (bicyclic) bond motifs is 3. The van der Waals surface area contributed by atoms with Crippen LogP contribution in [-0.4, -0.2) is 77.0 Å². The first-order valence-electron chi connectivity index (χ1n) is 19.7. The van der Waals surface area contributed by atoms with Crippen molar-refractivity contribution in [2.24, 2.45) is 0 Å². The van der Waals surface area contributed by atoms with Crippen molar-refractivity contribution in [3.63, 3.8) is 0 Å². The highest BCUT2D eigenvalue weighted by molar-refractivity contribution is 6.09. The summed E-state index contributed by atoms with van der Waals surface area (Å²) in [4.78, 5) is 35.8. The Morgan fingerprint density at radius 2 is 1.55 bits per heavy atom. The Morgan fingerprint density at radius 1 is 0.828 bits per heavy atom. The quantitative estimate of drug-likeness (QED) is 0.172. The van der Waals surface area contributed by atoms with Gasteiger partial charge in [-0.15, -0.1) is 0 Å². The van der Waals surface area contributed by atoms with E-state index in [1.165, 1.54) is 52.9 Å². The Hall–Kier alpha value is -5.79. The molecule has 0 saturated carbocycles. The summed E-state index contributed by atoms with van der Waals surface area (Å²) < 4.78 is 62.1. The molecule has 0 spiro atoms. The number of benzene rings is 4. The minimum Gasteiger partial charge on any atom is -0.508 e. The van der Waals surface area contributed by atoms with Gasteiger partial charge in [-0.1, -0.05) is 42.5 Å². The highest BCUT2D eigenvalue weighted by atomic mass is 19.4. The van der Waals surface area contributed by atoms with Crippen molar-refractivity contribution < 1.29 is 42.1 Å². The van der Waals surface area contributed by atoms with Gasteiger partial charge in [0, 0.05) is 61.4 Å². The predicted molar refractivity (Wildman–Crippen MR) is 210 cm³/mol. The third kappa shape index (κ3) is 7.28. The van der Waals surface area contributed by atoms with Crippen LogP contribution in [0.3, 0.4) is 0 Å². The fourth-order valence-corrected chi connectivity index (χ4v) is 8.80. The van der Waals surface area contributed by atoms with Crippen molar-refractivity contribution in [2.75, 3.05) is 44.5 Å². The minimum absolute atomic E-state index is 0.000149. The number of carbonyl (C=O) groups is 2. The molecule has 9 rings (SSSR count). The van der Waals surface area contributed by atoms with E-state index >= 15 is 4.79 Å². The van der Waals surface area contributed by atoms with Gasteiger partial charge in [-0.2, -0.15) is 13.2 Å². The molecule has 4 aliphatic rings. The molecule has 1 aromatic heterocycles. The number of rotatable bonds is 8. The van der Waals surface area contributed by atoms with Crippen molar-refractivity contribution in [3.05, 3.63) is 130 Å². The first-order valence-corrected chi connectivity index (χ1v) is 19.7. The lowest BCUT2D eigenvalue weighted by atomic mass is 9.92. The number of nitrogens with zero attached hydrogens (tertiary/aromatic N) is 4. The zero-order chi connectivity index (χ0) is 40.0. The average Bonchev–Trinajstić information content (AvgIpc) is 3.87. The average molecular weight is 793 g/mol. The Bertz CT molecular complexity index is 2350. The molecule has 1 saturated heterocycles. The van der Waals surface area contributed by atoms with Crippen molar-refractivity contribution in [3.8, 4) is 28.5 Å². The molecule has 4 aliphatic heterocycles. The van der Waals surface area contributed by atoms with Crippen LogP contribution in [0.1, 0.15) is 61.5 Å². The van der Waals surface area contributed by atoms with Crippen molar-refractivity contribution in [1.29, 1.82) is 0 Å². The predicted octanol–water partition coefficient (Wildman–Crippen LogP) is 7.69. The van der Waals surface area contributed by atoms with Gasteiger partial charge in [0.1, 0.15) is 5.75 Å². The van der Waals surface area contributed by atoms with Gasteiger partial charge in [-0.3, -0.25) is 14.5 Å². The number of morpholine rings is 1. The van der Waals surface area contributed by atoms with Crippen LogP contribution in [0.25, 0.3) is 11.3 Å². The molecule has 10 nitrogen and oxygen atoms in total. The lowest BCUT2D eigenvalue weighted by Gasteiger charge is -2.40. The monoisotopic (exact) mass is 792 g/mol. The second-order valence-electron chi connectivity index (χ2n) is 15.3. The van der Waals surface area contributed by atoms with Gasteiger partial charge < -0.3 is 33.7 Å². The number of aromatic hydroxyl groups is 1. The Labute approximate surface area is 333 Å². The summed E-state index contributed by atoms with van der Waals surface area (Å²) >= 11 is 0. The standard InChI is InChI=1S/C45H43F3N4O6/c46-45(47,48)38-10-4-3-9-31(38)26-51(32-12-14-34(53)15-13-32)44(55)37-22-40(50-16-6-5-11-39(37)50)35-23-41-42(58-28-57-41)24-36(35)43(54)52-25-30-8-2-1-7-29(30)21-33(52)27-49-17-19-56-20-18-49/h1-4,7-10,12-15,22-24,33,53H,5-6,11,16-21,25-28H2/t33-/m0/s1. The second-order valence-corrected chi connectivity index (χ2v) is 15.3. The van der Waals surface area contributed by atoms with Gasteiger partial charge in [0.25, 0.3) is 11.8 Å². The van der Waals surface area contributed by atoms with E-state index in [2.05, 4.69) is 21.6 Å². The van der Waals surface area contributed by atoms with E-state index in [0.29, 0.717) is 85.3 Å². The van der Waals surface area contributed by atoms with E-state index in [0.717, 1.165) is 43.3 Å². The number of anilines is 1. The fourth-order valence-electron chi connectivity index (χ4n) is 8.80. The molecule has 0 radical (unpaired) electrons. The summed E-state index contributed by atoms with van der Waals surface area (Å²) in [6.45, 7) is 4.17. The van der Waals surface area contributed by atoms with Crippen LogP contribution in [0.4, 0.5) is 18.9 Å². The Morgan fingerprint density at radius 3 is 2.33 bits per heavy atom. The zero-order valence-corrected chi connectivity index (χ0v) is 31.8. The number of amides is 2. The summed E-state index contributed by atoms with van der Waals surface area (Å²) in [6.07, 6.45) is -1.74. The normalized spacial score (nSPS) is 17.8. The highest BCUT2D eigenvalue weighted by Gasteiger charge is 2.37. The molecule has 0 aliphatic carbocycles. The van der Waals surface area contributed by atoms with Crippen LogP contribution < -0.4 is 14.4 Å². The SMILES string of the molecule is O=C(c1cc(-c2cc3c(cc2C(=O)N2Cc4ccccc4C[C@H]2CN2CCOCC2)OCO3)n2c1CCCC2)N(Cc1ccccc1C(F)(F)F)c1ccc(O)cc1. The number of hydrogen-bond donors (Lipinski definition) is 1. The first kappa shape index (κ1) is 37.8.